The van der Waals surface area contributed by atoms with E-state index in [1.807, 2.05) is 42.5 Å². The monoisotopic (exact) mass is 415 g/mol. The van der Waals surface area contributed by atoms with Crippen molar-refractivity contribution in [2.45, 2.75) is 23.4 Å². The molecule has 0 radical (unpaired) electrons. The summed E-state index contributed by atoms with van der Waals surface area (Å²) in [5.74, 6) is 1.99. The van der Waals surface area contributed by atoms with Gasteiger partial charge in [-0.3, -0.25) is 10.1 Å². The van der Waals surface area contributed by atoms with Crippen molar-refractivity contribution in [3.63, 3.8) is 0 Å². The van der Waals surface area contributed by atoms with Crippen molar-refractivity contribution in [2.24, 2.45) is 0 Å². The van der Waals surface area contributed by atoms with Gasteiger partial charge < -0.3 is 9.47 Å². The molecule has 0 aliphatic carbocycles. The van der Waals surface area contributed by atoms with Gasteiger partial charge in [0, 0.05) is 17.4 Å². The van der Waals surface area contributed by atoms with Crippen LogP contribution in [0, 0.1) is 0 Å². The summed E-state index contributed by atoms with van der Waals surface area (Å²) in [5, 5.41) is 11.5. The Balaban J connectivity index is 1.60. The van der Waals surface area contributed by atoms with E-state index in [9.17, 15) is 4.79 Å². The maximum Gasteiger partial charge on any atom is 0.257 e. The molecule has 0 bridgehead atoms. The number of aryl methyl sites for hydroxylation is 1. The van der Waals surface area contributed by atoms with Gasteiger partial charge in [-0.1, -0.05) is 42.2 Å². The molecule has 0 saturated carbocycles. The predicted molar refractivity (Wildman–Crippen MR) is 113 cm³/mol. The molecule has 0 unspecified atom stereocenters. The maximum atomic E-state index is 12.3. The minimum atomic E-state index is -0.187. The third-order valence-corrected chi connectivity index (χ3v) is 6.07. The van der Waals surface area contributed by atoms with Crippen LogP contribution >= 0.6 is 23.1 Å². The Morgan fingerprint density at radius 2 is 1.71 bits per heavy atom. The van der Waals surface area contributed by atoms with Crippen LogP contribution in [0.5, 0.6) is 11.5 Å². The first kappa shape index (κ1) is 20.2. The van der Waals surface area contributed by atoms with Crippen LogP contribution in [-0.2, 0) is 12.2 Å². The number of thioether (sulfide) groups is 1. The Labute approximate surface area is 172 Å². The van der Waals surface area contributed by atoms with E-state index in [2.05, 4.69) is 22.4 Å². The van der Waals surface area contributed by atoms with Crippen molar-refractivity contribution < 1.29 is 14.3 Å². The van der Waals surface area contributed by atoms with E-state index in [1.165, 1.54) is 16.9 Å². The first-order chi connectivity index (χ1) is 13.6. The van der Waals surface area contributed by atoms with E-state index in [0.29, 0.717) is 16.4 Å². The molecule has 0 saturated heterocycles. The van der Waals surface area contributed by atoms with Gasteiger partial charge in [-0.15, -0.1) is 10.2 Å². The second kappa shape index (κ2) is 9.57. The predicted octanol–water partition coefficient (Wildman–Crippen LogP) is 4.66. The topological polar surface area (TPSA) is 73.3 Å². The summed E-state index contributed by atoms with van der Waals surface area (Å²) in [6.07, 6.45) is 0.943. The number of anilines is 1. The van der Waals surface area contributed by atoms with Gasteiger partial charge in [0.05, 0.1) is 14.2 Å². The second-order valence-corrected chi connectivity index (χ2v) is 8.09. The highest BCUT2D eigenvalue weighted by molar-refractivity contribution is 8.00. The number of hydrogen-bond donors (Lipinski definition) is 1. The number of hydrogen-bond acceptors (Lipinski definition) is 7. The van der Waals surface area contributed by atoms with Crippen molar-refractivity contribution in [3.05, 3.63) is 59.2 Å². The lowest BCUT2D eigenvalue weighted by Gasteiger charge is -2.07. The number of carbonyl (C=O) groups excluding carboxylic acids is 1. The molecule has 3 aromatic rings. The SMILES string of the molecule is CCc1ccc(C(=O)Nc2nnc(SCc3cc(OC)cc(OC)c3)s2)cc1. The highest BCUT2D eigenvalue weighted by Gasteiger charge is 2.11. The lowest BCUT2D eigenvalue weighted by Crippen LogP contribution is -2.11. The number of methoxy groups -OCH3 is 2. The summed E-state index contributed by atoms with van der Waals surface area (Å²) in [6, 6.07) is 13.3. The van der Waals surface area contributed by atoms with Crippen molar-refractivity contribution in [3.8, 4) is 11.5 Å². The summed E-state index contributed by atoms with van der Waals surface area (Å²) in [6.45, 7) is 2.08. The fourth-order valence-corrected chi connectivity index (χ4v) is 4.15. The molecule has 1 heterocycles. The molecule has 28 heavy (non-hydrogen) atoms. The zero-order valence-electron chi connectivity index (χ0n) is 15.9. The van der Waals surface area contributed by atoms with E-state index in [-0.39, 0.29) is 5.91 Å². The van der Waals surface area contributed by atoms with E-state index < -0.39 is 0 Å². The average molecular weight is 416 g/mol. The van der Waals surface area contributed by atoms with E-state index >= 15 is 0 Å². The van der Waals surface area contributed by atoms with Gasteiger partial charge in [-0.2, -0.15) is 0 Å². The summed E-state index contributed by atoms with van der Waals surface area (Å²) in [7, 11) is 3.25. The molecule has 0 atom stereocenters. The van der Waals surface area contributed by atoms with Gasteiger partial charge in [-0.25, -0.2) is 0 Å². The van der Waals surface area contributed by atoms with Gasteiger partial charge in [0.1, 0.15) is 11.5 Å². The molecule has 0 fully saturated rings. The normalized spacial score (nSPS) is 10.5. The Morgan fingerprint density at radius 3 is 2.32 bits per heavy atom. The van der Waals surface area contributed by atoms with Crippen LogP contribution in [0.4, 0.5) is 5.13 Å². The second-order valence-electron chi connectivity index (χ2n) is 5.89. The number of ether oxygens (including phenoxy) is 2. The van der Waals surface area contributed by atoms with Crippen molar-refractivity contribution in [2.75, 3.05) is 19.5 Å². The molecule has 146 valence electrons. The van der Waals surface area contributed by atoms with E-state index in [4.69, 9.17) is 9.47 Å². The van der Waals surface area contributed by atoms with Crippen LogP contribution in [-0.4, -0.2) is 30.3 Å². The number of aromatic nitrogens is 2. The van der Waals surface area contributed by atoms with Gasteiger partial charge in [0.15, 0.2) is 4.34 Å². The largest absolute Gasteiger partial charge is 0.497 e. The van der Waals surface area contributed by atoms with Gasteiger partial charge >= 0.3 is 0 Å². The molecule has 1 aromatic heterocycles. The molecule has 3 rings (SSSR count). The van der Waals surface area contributed by atoms with E-state index in [1.54, 1.807) is 26.0 Å². The van der Waals surface area contributed by atoms with Crippen LogP contribution in [0.25, 0.3) is 0 Å². The van der Waals surface area contributed by atoms with Crippen molar-refractivity contribution in [1.82, 2.24) is 10.2 Å². The lowest BCUT2D eigenvalue weighted by molar-refractivity contribution is 0.102. The highest BCUT2D eigenvalue weighted by Crippen LogP contribution is 2.31. The fraction of sp³-hybridized carbons (Fsp3) is 0.250. The standard InChI is InChI=1S/C20H21N3O3S2/c1-4-13-5-7-15(8-6-13)18(24)21-19-22-23-20(28-19)27-12-14-9-16(25-2)11-17(10-14)26-3/h5-11H,4,12H2,1-3H3,(H,21,22,24). The zero-order chi connectivity index (χ0) is 19.9. The Hall–Kier alpha value is -2.58. The van der Waals surface area contributed by atoms with Crippen molar-refractivity contribution in [1.29, 1.82) is 0 Å². The minimum Gasteiger partial charge on any atom is -0.497 e. The fourth-order valence-electron chi connectivity index (χ4n) is 2.47. The molecule has 6 nitrogen and oxygen atoms in total. The van der Waals surface area contributed by atoms with Crippen LogP contribution in [0.15, 0.2) is 46.8 Å². The maximum absolute atomic E-state index is 12.3. The minimum absolute atomic E-state index is 0.187. The highest BCUT2D eigenvalue weighted by atomic mass is 32.2. The smallest absolute Gasteiger partial charge is 0.257 e. The molecule has 1 amide bonds. The number of nitrogens with zero attached hydrogens (tertiary/aromatic N) is 2. The molecule has 2 aromatic carbocycles. The first-order valence-electron chi connectivity index (χ1n) is 8.69. The first-order valence-corrected chi connectivity index (χ1v) is 10.5. The Bertz CT molecular complexity index is 920. The quantitative estimate of drug-likeness (QED) is 0.426. The van der Waals surface area contributed by atoms with Crippen LogP contribution in [0.2, 0.25) is 0 Å². The molecule has 0 aliphatic rings. The number of carbonyl (C=O) groups is 1. The molecular formula is C20H21N3O3S2. The zero-order valence-corrected chi connectivity index (χ0v) is 17.5. The van der Waals surface area contributed by atoms with Gasteiger partial charge in [0.2, 0.25) is 5.13 Å². The molecule has 1 N–H and O–H groups in total. The number of rotatable bonds is 8. The molecule has 8 heteroatoms. The van der Waals surface area contributed by atoms with Crippen LogP contribution in [0.3, 0.4) is 0 Å². The Morgan fingerprint density at radius 1 is 1.04 bits per heavy atom. The van der Waals surface area contributed by atoms with E-state index in [0.717, 1.165) is 27.8 Å². The molecule has 0 aliphatic heterocycles. The summed E-state index contributed by atoms with van der Waals surface area (Å²) in [5.41, 5.74) is 2.85. The third-order valence-electron chi connectivity index (χ3n) is 4.02. The van der Waals surface area contributed by atoms with Gasteiger partial charge in [-0.05, 0) is 41.8 Å². The number of benzene rings is 2. The molecular weight excluding hydrogens is 394 g/mol. The summed E-state index contributed by atoms with van der Waals surface area (Å²) in [4.78, 5) is 12.3. The van der Waals surface area contributed by atoms with Crippen LogP contribution < -0.4 is 14.8 Å². The van der Waals surface area contributed by atoms with Gasteiger partial charge in [0.25, 0.3) is 5.91 Å². The third kappa shape index (κ3) is 5.24. The number of amides is 1. The summed E-state index contributed by atoms with van der Waals surface area (Å²) < 4.78 is 11.4. The number of nitrogens with one attached hydrogen (secondary N) is 1. The molecule has 0 spiro atoms. The average Bonchev–Trinajstić information content (AvgIpc) is 3.19. The van der Waals surface area contributed by atoms with Crippen LogP contribution in [0.1, 0.15) is 28.4 Å². The summed E-state index contributed by atoms with van der Waals surface area (Å²) >= 11 is 2.89. The Kier molecular flexibility index (Phi) is 6.89. The van der Waals surface area contributed by atoms with Crippen molar-refractivity contribution >= 4 is 34.1 Å². The lowest BCUT2D eigenvalue weighted by atomic mass is 10.1.